The van der Waals surface area contributed by atoms with Crippen molar-refractivity contribution in [2.45, 2.75) is 19.3 Å². The van der Waals surface area contributed by atoms with Gasteiger partial charge in [0.25, 0.3) is 5.91 Å². The summed E-state index contributed by atoms with van der Waals surface area (Å²) < 4.78 is 15.0. The predicted octanol–water partition coefficient (Wildman–Crippen LogP) is 2.48. The third-order valence-corrected chi connectivity index (χ3v) is 5.41. The van der Waals surface area contributed by atoms with Gasteiger partial charge in [-0.2, -0.15) is 5.10 Å². The predicted molar refractivity (Wildman–Crippen MR) is 111 cm³/mol. The standard InChI is InChI=1S/C23H25FN4O/c24-19-9-11-20(12-10-19)28-22(17-21(26-28)18-7-3-1-4-8-18)23(29)25-13-16-27-14-5-2-6-15-27/h1,3-4,7-12,17H,2,5-6,13-16H2,(H,25,29)/p+1. The maximum atomic E-state index is 13.4. The number of nitrogens with zero attached hydrogens (tertiary/aromatic N) is 2. The van der Waals surface area contributed by atoms with Crippen LogP contribution in [0, 0.1) is 5.82 Å². The number of quaternary nitrogens is 1. The lowest BCUT2D eigenvalue weighted by molar-refractivity contribution is -0.903. The SMILES string of the molecule is O=C(NCC[NH+]1CCCCC1)c1cc(-c2ccccc2)nn1-c1ccc(F)cc1. The van der Waals surface area contributed by atoms with Crippen molar-refractivity contribution in [3.8, 4) is 16.9 Å². The average molecular weight is 393 g/mol. The van der Waals surface area contributed by atoms with E-state index in [4.69, 9.17) is 0 Å². The van der Waals surface area contributed by atoms with Gasteiger partial charge in [-0.3, -0.25) is 4.79 Å². The number of amides is 1. The fourth-order valence-electron chi connectivity index (χ4n) is 3.82. The van der Waals surface area contributed by atoms with Gasteiger partial charge in [0, 0.05) is 5.56 Å². The van der Waals surface area contributed by atoms with Crippen LogP contribution in [0.2, 0.25) is 0 Å². The minimum atomic E-state index is -0.320. The number of hydrogen-bond acceptors (Lipinski definition) is 2. The summed E-state index contributed by atoms with van der Waals surface area (Å²) in [5.74, 6) is -0.486. The van der Waals surface area contributed by atoms with Gasteiger partial charge >= 0.3 is 0 Å². The Balaban J connectivity index is 1.55. The first kappa shape index (κ1) is 19.3. The van der Waals surface area contributed by atoms with Gasteiger partial charge in [0.2, 0.25) is 0 Å². The second-order valence-electron chi connectivity index (χ2n) is 7.49. The number of rotatable bonds is 6. The van der Waals surface area contributed by atoms with Gasteiger partial charge in [0.15, 0.2) is 0 Å². The van der Waals surface area contributed by atoms with Crippen molar-refractivity contribution in [3.05, 3.63) is 72.2 Å². The van der Waals surface area contributed by atoms with E-state index in [2.05, 4.69) is 10.4 Å². The van der Waals surface area contributed by atoms with Crippen LogP contribution >= 0.6 is 0 Å². The lowest BCUT2D eigenvalue weighted by Crippen LogP contribution is -3.13. The molecule has 1 aromatic heterocycles. The molecular weight excluding hydrogens is 367 g/mol. The highest BCUT2D eigenvalue weighted by Crippen LogP contribution is 2.21. The number of carbonyl (C=O) groups is 1. The molecule has 1 aliphatic heterocycles. The zero-order valence-electron chi connectivity index (χ0n) is 16.4. The molecule has 2 N–H and O–H groups in total. The molecule has 0 bridgehead atoms. The van der Waals surface area contributed by atoms with Crippen molar-refractivity contribution in [2.24, 2.45) is 0 Å². The van der Waals surface area contributed by atoms with E-state index >= 15 is 0 Å². The Bertz CT molecular complexity index is 947. The van der Waals surface area contributed by atoms with Gasteiger partial charge in [0.05, 0.1) is 37.6 Å². The van der Waals surface area contributed by atoms with Gasteiger partial charge in [-0.15, -0.1) is 0 Å². The number of carbonyl (C=O) groups excluding carboxylic acids is 1. The number of likely N-dealkylation sites (tertiary alicyclic amines) is 1. The summed E-state index contributed by atoms with van der Waals surface area (Å²) in [6, 6.07) is 17.5. The number of hydrogen-bond donors (Lipinski definition) is 2. The van der Waals surface area contributed by atoms with E-state index < -0.39 is 0 Å². The molecule has 0 saturated carbocycles. The Morgan fingerprint density at radius 1 is 1.03 bits per heavy atom. The van der Waals surface area contributed by atoms with Crippen LogP contribution in [0.1, 0.15) is 29.8 Å². The van der Waals surface area contributed by atoms with Gasteiger partial charge < -0.3 is 10.2 Å². The molecule has 0 spiro atoms. The van der Waals surface area contributed by atoms with Crippen molar-refractivity contribution in [3.63, 3.8) is 0 Å². The molecule has 4 rings (SSSR count). The normalized spacial score (nSPS) is 14.7. The van der Waals surface area contributed by atoms with Crippen molar-refractivity contribution >= 4 is 5.91 Å². The zero-order valence-corrected chi connectivity index (χ0v) is 16.4. The van der Waals surface area contributed by atoms with Crippen LogP contribution in [-0.4, -0.2) is 41.9 Å². The molecular formula is C23H26FN4O+. The Hall–Kier alpha value is -2.99. The molecule has 5 nitrogen and oxygen atoms in total. The summed E-state index contributed by atoms with van der Waals surface area (Å²) in [4.78, 5) is 14.5. The molecule has 1 fully saturated rings. The Morgan fingerprint density at radius 2 is 1.76 bits per heavy atom. The molecule has 150 valence electrons. The van der Waals surface area contributed by atoms with E-state index in [1.165, 1.54) is 44.5 Å². The van der Waals surface area contributed by atoms with Crippen LogP contribution < -0.4 is 10.2 Å². The highest BCUT2D eigenvalue weighted by atomic mass is 19.1. The Morgan fingerprint density at radius 3 is 2.48 bits per heavy atom. The van der Waals surface area contributed by atoms with Crippen LogP contribution in [-0.2, 0) is 0 Å². The summed E-state index contributed by atoms with van der Waals surface area (Å²) in [6.07, 6.45) is 3.84. The second-order valence-corrected chi connectivity index (χ2v) is 7.49. The number of aromatic nitrogens is 2. The van der Waals surface area contributed by atoms with Crippen LogP contribution in [0.4, 0.5) is 4.39 Å². The first-order valence-electron chi connectivity index (χ1n) is 10.2. The molecule has 29 heavy (non-hydrogen) atoms. The van der Waals surface area contributed by atoms with Crippen molar-refractivity contribution in [2.75, 3.05) is 26.2 Å². The van der Waals surface area contributed by atoms with E-state index in [0.29, 0.717) is 23.6 Å². The average Bonchev–Trinajstić information content (AvgIpc) is 3.21. The van der Waals surface area contributed by atoms with Crippen LogP contribution in [0.3, 0.4) is 0 Å². The summed E-state index contributed by atoms with van der Waals surface area (Å²) in [5.41, 5.74) is 2.74. The first-order valence-corrected chi connectivity index (χ1v) is 10.2. The molecule has 2 aromatic carbocycles. The monoisotopic (exact) mass is 393 g/mol. The third-order valence-electron chi connectivity index (χ3n) is 5.41. The molecule has 1 aliphatic rings. The molecule has 0 radical (unpaired) electrons. The van der Waals surface area contributed by atoms with Crippen molar-refractivity contribution in [1.82, 2.24) is 15.1 Å². The molecule has 1 amide bonds. The molecule has 6 heteroatoms. The first-order chi connectivity index (χ1) is 14.2. The number of halogens is 1. The minimum Gasteiger partial charge on any atom is -0.345 e. The number of nitrogens with one attached hydrogen (secondary N) is 2. The molecule has 0 atom stereocenters. The zero-order chi connectivity index (χ0) is 20.1. The maximum Gasteiger partial charge on any atom is 0.270 e. The maximum absolute atomic E-state index is 13.4. The van der Waals surface area contributed by atoms with Gasteiger partial charge in [-0.25, -0.2) is 9.07 Å². The summed E-state index contributed by atoms with van der Waals surface area (Å²) in [7, 11) is 0. The molecule has 3 aromatic rings. The van der Waals surface area contributed by atoms with Gasteiger partial charge in [0.1, 0.15) is 11.5 Å². The summed E-state index contributed by atoms with van der Waals surface area (Å²) >= 11 is 0. The van der Waals surface area contributed by atoms with E-state index in [-0.39, 0.29) is 11.7 Å². The fraction of sp³-hybridized carbons (Fsp3) is 0.304. The minimum absolute atomic E-state index is 0.166. The van der Waals surface area contributed by atoms with E-state index in [1.807, 2.05) is 30.3 Å². The Kier molecular flexibility index (Phi) is 6.00. The lowest BCUT2D eigenvalue weighted by atomic mass is 10.1. The topological polar surface area (TPSA) is 51.4 Å². The van der Waals surface area contributed by atoms with Gasteiger partial charge in [-0.05, 0) is 49.6 Å². The van der Waals surface area contributed by atoms with E-state index in [0.717, 1.165) is 12.1 Å². The van der Waals surface area contributed by atoms with Crippen LogP contribution in [0.15, 0.2) is 60.7 Å². The molecule has 0 unspecified atom stereocenters. The van der Waals surface area contributed by atoms with E-state index in [9.17, 15) is 9.18 Å². The quantitative estimate of drug-likeness (QED) is 0.676. The fourth-order valence-corrected chi connectivity index (χ4v) is 3.82. The summed E-state index contributed by atoms with van der Waals surface area (Å²) in [6.45, 7) is 3.93. The van der Waals surface area contributed by atoms with Crippen LogP contribution in [0.25, 0.3) is 16.9 Å². The van der Waals surface area contributed by atoms with Crippen molar-refractivity contribution < 1.29 is 14.1 Å². The Labute approximate surface area is 170 Å². The van der Waals surface area contributed by atoms with Gasteiger partial charge in [-0.1, -0.05) is 30.3 Å². The molecule has 1 saturated heterocycles. The largest absolute Gasteiger partial charge is 0.345 e. The number of piperidine rings is 1. The molecule has 2 heterocycles. The summed E-state index contributed by atoms with van der Waals surface area (Å²) in [5, 5.41) is 7.67. The second kappa shape index (κ2) is 9.01. The highest BCUT2D eigenvalue weighted by molar-refractivity contribution is 5.94. The third kappa shape index (κ3) is 4.71. The lowest BCUT2D eigenvalue weighted by Gasteiger charge is -2.23. The van der Waals surface area contributed by atoms with Crippen molar-refractivity contribution in [1.29, 1.82) is 0 Å². The number of benzene rings is 2. The van der Waals surface area contributed by atoms with Crippen LogP contribution in [0.5, 0.6) is 0 Å². The van der Waals surface area contributed by atoms with E-state index in [1.54, 1.807) is 27.8 Å². The smallest absolute Gasteiger partial charge is 0.270 e. The highest BCUT2D eigenvalue weighted by Gasteiger charge is 2.19. The molecule has 0 aliphatic carbocycles.